The summed E-state index contributed by atoms with van der Waals surface area (Å²) in [4.78, 5) is 2.33. The van der Waals surface area contributed by atoms with Crippen LogP contribution < -0.4 is 4.90 Å². The SMILES string of the molecule is CCCc1ccc(-c2ccc(N(c3ccc(-c4ccc(C)cc4)cc3)c3cccc(C)c3)cc2)cc1. The number of benzene rings is 5. The predicted octanol–water partition coefficient (Wildman–Crippen LogP) is 10.1. The van der Waals surface area contributed by atoms with Crippen molar-refractivity contribution in [3.05, 3.63) is 138 Å². The van der Waals surface area contributed by atoms with Gasteiger partial charge in [-0.2, -0.15) is 0 Å². The average Bonchev–Trinajstić information content (AvgIpc) is 2.91. The Kier molecular flexibility index (Phi) is 7.00. The molecule has 0 heterocycles. The summed E-state index contributed by atoms with van der Waals surface area (Å²) in [6, 6.07) is 44.2. The predicted molar refractivity (Wildman–Crippen MR) is 155 cm³/mol. The highest BCUT2D eigenvalue weighted by Crippen LogP contribution is 2.37. The minimum absolute atomic E-state index is 1.13. The van der Waals surface area contributed by atoms with Gasteiger partial charge in [0.1, 0.15) is 0 Å². The Morgan fingerprint density at radius 1 is 0.472 bits per heavy atom. The largest absolute Gasteiger partial charge is 0.310 e. The minimum Gasteiger partial charge on any atom is -0.310 e. The number of hydrogen-bond acceptors (Lipinski definition) is 1. The van der Waals surface area contributed by atoms with E-state index in [1.165, 1.54) is 45.4 Å². The van der Waals surface area contributed by atoms with Gasteiger partial charge < -0.3 is 4.90 Å². The van der Waals surface area contributed by atoms with E-state index < -0.39 is 0 Å². The number of rotatable bonds is 7. The second-order valence-electron chi connectivity index (χ2n) is 9.58. The topological polar surface area (TPSA) is 3.24 Å². The Balaban J connectivity index is 1.48. The molecule has 5 aromatic carbocycles. The second-order valence-corrected chi connectivity index (χ2v) is 9.58. The molecule has 0 bridgehead atoms. The molecule has 5 rings (SSSR count). The van der Waals surface area contributed by atoms with E-state index in [0.717, 1.165) is 23.5 Å². The van der Waals surface area contributed by atoms with Crippen LogP contribution in [0.15, 0.2) is 121 Å². The van der Waals surface area contributed by atoms with Gasteiger partial charge in [-0.25, -0.2) is 0 Å². The summed E-state index contributed by atoms with van der Waals surface area (Å²) < 4.78 is 0. The Morgan fingerprint density at radius 2 is 0.944 bits per heavy atom. The number of nitrogens with zero attached hydrogens (tertiary/aromatic N) is 1. The van der Waals surface area contributed by atoms with E-state index in [-0.39, 0.29) is 0 Å². The van der Waals surface area contributed by atoms with Crippen LogP contribution in [0.5, 0.6) is 0 Å². The van der Waals surface area contributed by atoms with Crippen molar-refractivity contribution >= 4 is 17.1 Å². The van der Waals surface area contributed by atoms with Crippen molar-refractivity contribution in [3.63, 3.8) is 0 Å². The Labute approximate surface area is 215 Å². The first-order valence-corrected chi connectivity index (χ1v) is 12.8. The van der Waals surface area contributed by atoms with Crippen LogP contribution >= 0.6 is 0 Å². The standard InChI is InChI=1S/C35H33N/c1-4-6-28-11-15-30(16-12-28)32-19-23-34(24-20-32)36(35-8-5-7-27(3)25-35)33-21-17-31(18-22-33)29-13-9-26(2)10-14-29/h5,7-25H,4,6H2,1-3H3. The molecular weight excluding hydrogens is 434 g/mol. The van der Waals surface area contributed by atoms with E-state index in [2.05, 4.69) is 147 Å². The van der Waals surface area contributed by atoms with Crippen LogP contribution in [0.3, 0.4) is 0 Å². The quantitative estimate of drug-likeness (QED) is 0.230. The molecule has 0 saturated carbocycles. The molecule has 0 aromatic heterocycles. The first-order chi connectivity index (χ1) is 17.6. The maximum absolute atomic E-state index is 2.33. The molecule has 0 aliphatic rings. The highest BCUT2D eigenvalue weighted by Gasteiger charge is 2.13. The zero-order chi connectivity index (χ0) is 24.9. The molecule has 0 spiro atoms. The maximum Gasteiger partial charge on any atom is 0.0464 e. The minimum atomic E-state index is 1.13. The normalized spacial score (nSPS) is 10.9. The molecule has 0 unspecified atom stereocenters. The van der Waals surface area contributed by atoms with Crippen LogP contribution in [0.1, 0.15) is 30.0 Å². The van der Waals surface area contributed by atoms with E-state index in [4.69, 9.17) is 0 Å². The molecule has 36 heavy (non-hydrogen) atoms. The first kappa shape index (κ1) is 23.6. The number of hydrogen-bond donors (Lipinski definition) is 0. The second kappa shape index (κ2) is 10.7. The van der Waals surface area contributed by atoms with Gasteiger partial charge in [0, 0.05) is 17.1 Å². The molecule has 0 aliphatic carbocycles. The van der Waals surface area contributed by atoms with Gasteiger partial charge in [-0.05, 0) is 90.0 Å². The van der Waals surface area contributed by atoms with Gasteiger partial charge in [-0.15, -0.1) is 0 Å². The highest BCUT2D eigenvalue weighted by molar-refractivity contribution is 5.80. The van der Waals surface area contributed by atoms with E-state index in [9.17, 15) is 0 Å². The van der Waals surface area contributed by atoms with Crippen LogP contribution in [-0.4, -0.2) is 0 Å². The fourth-order valence-electron chi connectivity index (χ4n) is 4.72. The number of anilines is 3. The lowest BCUT2D eigenvalue weighted by molar-refractivity contribution is 0.922. The molecule has 0 amide bonds. The summed E-state index contributed by atoms with van der Waals surface area (Å²) in [6.45, 7) is 6.50. The average molecular weight is 468 g/mol. The van der Waals surface area contributed by atoms with Crippen LogP contribution in [0.4, 0.5) is 17.1 Å². The fraction of sp³-hybridized carbons (Fsp3) is 0.143. The Morgan fingerprint density at radius 3 is 1.42 bits per heavy atom. The molecule has 0 radical (unpaired) electrons. The summed E-state index contributed by atoms with van der Waals surface area (Å²) in [6.07, 6.45) is 2.31. The zero-order valence-corrected chi connectivity index (χ0v) is 21.4. The summed E-state index contributed by atoms with van der Waals surface area (Å²) in [5.74, 6) is 0. The van der Waals surface area contributed by atoms with Crippen molar-refractivity contribution in [1.29, 1.82) is 0 Å². The van der Waals surface area contributed by atoms with Crippen LogP contribution in [-0.2, 0) is 6.42 Å². The maximum atomic E-state index is 2.33. The van der Waals surface area contributed by atoms with E-state index in [1.807, 2.05) is 0 Å². The zero-order valence-electron chi connectivity index (χ0n) is 21.4. The van der Waals surface area contributed by atoms with Crippen LogP contribution in [0.25, 0.3) is 22.3 Å². The Hall–Kier alpha value is -4.10. The summed E-state index contributed by atoms with van der Waals surface area (Å²) in [5, 5.41) is 0. The van der Waals surface area contributed by atoms with Crippen molar-refractivity contribution < 1.29 is 0 Å². The van der Waals surface area contributed by atoms with Gasteiger partial charge in [0.15, 0.2) is 0 Å². The van der Waals surface area contributed by atoms with Crippen LogP contribution in [0.2, 0.25) is 0 Å². The van der Waals surface area contributed by atoms with Gasteiger partial charge >= 0.3 is 0 Å². The Bertz CT molecular complexity index is 1410. The molecule has 1 heteroatoms. The molecule has 0 aliphatic heterocycles. The van der Waals surface area contributed by atoms with Gasteiger partial charge in [-0.1, -0.05) is 104 Å². The van der Waals surface area contributed by atoms with Crippen molar-refractivity contribution in [2.75, 3.05) is 4.90 Å². The summed E-state index contributed by atoms with van der Waals surface area (Å²) in [5.41, 5.74) is 12.3. The molecule has 0 saturated heterocycles. The highest BCUT2D eigenvalue weighted by atomic mass is 15.1. The monoisotopic (exact) mass is 467 g/mol. The van der Waals surface area contributed by atoms with Crippen molar-refractivity contribution in [2.45, 2.75) is 33.6 Å². The van der Waals surface area contributed by atoms with Crippen molar-refractivity contribution in [1.82, 2.24) is 0 Å². The molecule has 5 aromatic rings. The van der Waals surface area contributed by atoms with Gasteiger partial charge in [0.05, 0.1) is 0 Å². The third-order valence-electron chi connectivity index (χ3n) is 6.72. The molecular formula is C35H33N. The molecule has 178 valence electrons. The summed E-state index contributed by atoms with van der Waals surface area (Å²) in [7, 11) is 0. The van der Waals surface area contributed by atoms with Gasteiger partial charge in [0.2, 0.25) is 0 Å². The molecule has 0 N–H and O–H groups in total. The molecule has 0 atom stereocenters. The lowest BCUT2D eigenvalue weighted by Crippen LogP contribution is -2.10. The third kappa shape index (κ3) is 5.26. The van der Waals surface area contributed by atoms with Crippen molar-refractivity contribution in [3.8, 4) is 22.3 Å². The summed E-state index contributed by atoms with van der Waals surface area (Å²) >= 11 is 0. The first-order valence-electron chi connectivity index (χ1n) is 12.8. The van der Waals surface area contributed by atoms with E-state index in [0.29, 0.717) is 0 Å². The van der Waals surface area contributed by atoms with E-state index in [1.54, 1.807) is 0 Å². The van der Waals surface area contributed by atoms with Gasteiger partial charge in [-0.3, -0.25) is 0 Å². The molecule has 1 nitrogen and oxygen atoms in total. The third-order valence-corrected chi connectivity index (χ3v) is 6.72. The van der Waals surface area contributed by atoms with Crippen LogP contribution in [0, 0.1) is 13.8 Å². The van der Waals surface area contributed by atoms with E-state index >= 15 is 0 Å². The lowest BCUT2D eigenvalue weighted by Gasteiger charge is -2.26. The van der Waals surface area contributed by atoms with Gasteiger partial charge in [0.25, 0.3) is 0 Å². The lowest BCUT2D eigenvalue weighted by atomic mass is 10.0. The van der Waals surface area contributed by atoms with Crippen molar-refractivity contribution in [2.24, 2.45) is 0 Å². The molecule has 0 fully saturated rings. The fourth-order valence-corrected chi connectivity index (χ4v) is 4.72. The number of aryl methyl sites for hydroxylation is 3. The smallest absolute Gasteiger partial charge is 0.0464 e.